The fourth-order valence-electron chi connectivity index (χ4n) is 4.23. The predicted molar refractivity (Wildman–Crippen MR) is 109 cm³/mol. The molecule has 0 aliphatic carbocycles. The highest BCUT2D eigenvalue weighted by Gasteiger charge is 2.27. The van der Waals surface area contributed by atoms with Crippen LogP contribution in [-0.4, -0.2) is 41.3 Å². The van der Waals surface area contributed by atoms with Crippen LogP contribution in [0.3, 0.4) is 0 Å². The van der Waals surface area contributed by atoms with Crippen LogP contribution in [0.2, 0.25) is 0 Å². The fraction of sp³-hybridized carbons (Fsp3) is 0.391. The van der Waals surface area contributed by atoms with Gasteiger partial charge in [0.25, 0.3) is 0 Å². The molecule has 0 saturated carbocycles. The molecule has 3 heterocycles. The molecule has 5 rings (SSSR count). The van der Waals surface area contributed by atoms with Crippen molar-refractivity contribution in [1.82, 2.24) is 15.0 Å². The van der Waals surface area contributed by atoms with Crippen LogP contribution < -0.4 is 9.47 Å². The summed E-state index contributed by atoms with van der Waals surface area (Å²) < 4.78 is 16.9. The minimum atomic E-state index is 0.438. The van der Waals surface area contributed by atoms with E-state index in [4.69, 9.17) is 14.0 Å². The molecule has 29 heavy (non-hydrogen) atoms. The number of aryl methyl sites for hydroxylation is 1. The predicted octanol–water partition coefficient (Wildman–Crippen LogP) is 4.28. The van der Waals surface area contributed by atoms with Crippen LogP contribution in [0, 0.1) is 0 Å². The molecule has 1 aromatic heterocycles. The van der Waals surface area contributed by atoms with Gasteiger partial charge in [0.2, 0.25) is 11.7 Å². The summed E-state index contributed by atoms with van der Waals surface area (Å²) in [5, 5.41) is 4.11. The van der Waals surface area contributed by atoms with E-state index in [2.05, 4.69) is 27.2 Å². The molecule has 150 valence electrons. The molecule has 0 radical (unpaired) electrons. The van der Waals surface area contributed by atoms with Gasteiger partial charge in [0.05, 0.1) is 0 Å². The Morgan fingerprint density at radius 3 is 2.76 bits per heavy atom. The molecular formula is C23H25N3O3. The lowest BCUT2D eigenvalue weighted by atomic mass is 10.0. The normalized spacial score (nSPS) is 18.8. The minimum absolute atomic E-state index is 0.438. The summed E-state index contributed by atoms with van der Waals surface area (Å²) in [6.07, 6.45) is 4.19. The number of nitrogens with zero attached hydrogens (tertiary/aromatic N) is 3. The van der Waals surface area contributed by atoms with Crippen LogP contribution in [0.1, 0.15) is 36.8 Å². The van der Waals surface area contributed by atoms with Crippen LogP contribution in [-0.2, 0) is 6.42 Å². The smallest absolute Gasteiger partial charge is 0.227 e. The van der Waals surface area contributed by atoms with Gasteiger partial charge in [-0.2, -0.15) is 4.98 Å². The highest BCUT2D eigenvalue weighted by molar-refractivity contribution is 5.53. The molecule has 2 aromatic carbocycles. The Balaban J connectivity index is 1.19. The van der Waals surface area contributed by atoms with Crippen molar-refractivity contribution in [3.8, 4) is 22.9 Å². The zero-order valence-corrected chi connectivity index (χ0v) is 16.4. The summed E-state index contributed by atoms with van der Waals surface area (Å²) in [5.41, 5.74) is 2.30. The van der Waals surface area contributed by atoms with Gasteiger partial charge < -0.3 is 14.0 Å². The van der Waals surface area contributed by atoms with E-state index in [1.165, 1.54) is 18.4 Å². The van der Waals surface area contributed by atoms with Crippen molar-refractivity contribution in [1.29, 1.82) is 0 Å². The molecule has 0 N–H and O–H groups in total. The van der Waals surface area contributed by atoms with E-state index in [1.54, 1.807) is 0 Å². The van der Waals surface area contributed by atoms with E-state index in [9.17, 15) is 0 Å². The number of hydrogen-bond acceptors (Lipinski definition) is 6. The highest BCUT2D eigenvalue weighted by atomic mass is 16.6. The molecular weight excluding hydrogens is 366 g/mol. The molecule has 3 aromatic rings. The van der Waals surface area contributed by atoms with Crippen molar-refractivity contribution < 1.29 is 14.0 Å². The van der Waals surface area contributed by atoms with Crippen molar-refractivity contribution in [3.05, 3.63) is 60.0 Å². The van der Waals surface area contributed by atoms with Crippen molar-refractivity contribution >= 4 is 0 Å². The van der Waals surface area contributed by atoms with E-state index >= 15 is 0 Å². The maximum atomic E-state index is 5.77. The highest BCUT2D eigenvalue weighted by Crippen LogP contribution is 2.38. The second-order valence-corrected chi connectivity index (χ2v) is 7.58. The topological polar surface area (TPSA) is 60.6 Å². The summed E-state index contributed by atoms with van der Waals surface area (Å²) >= 11 is 0. The number of aromatic nitrogens is 2. The Morgan fingerprint density at radius 1 is 1.00 bits per heavy atom. The number of hydrogen-bond donors (Lipinski definition) is 0. The zero-order valence-electron chi connectivity index (χ0n) is 16.4. The van der Waals surface area contributed by atoms with Gasteiger partial charge in [-0.05, 0) is 50.0 Å². The van der Waals surface area contributed by atoms with Crippen molar-refractivity contribution in [2.24, 2.45) is 0 Å². The molecule has 6 heteroatoms. The van der Waals surface area contributed by atoms with Gasteiger partial charge in [0, 0.05) is 18.0 Å². The van der Waals surface area contributed by atoms with Crippen LogP contribution in [0.25, 0.3) is 11.4 Å². The first-order valence-electron chi connectivity index (χ1n) is 10.4. The molecule has 0 spiro atoms. The first kappa shape index (κ1) is 18.2. The second kappa shape index (κ2) is 8.25. The lowest BCUT2D eigenvalue weighted by Crippen LogP contribution is -2.25. The molecule has 0 amide bonds. The van der Waals surface area contributed by atoms with Gasteiger partial charge in [0.15, 0.2) is 11.5 Å². The lowest BCUT2D eigenvalue weighted by molar-refractivity contribution is 0.170. The minimum Gasteiger partial charge on any atom is -0.486 e. The number of benzene rings is 2. The maximum absolute atomic E-state index is 5.77. The quantitative estimate of drug-likeness (QED) is 0.625. The number of likely N-dealkylation sites (tertiary alicyclic amines) is 1. The molecule has 1 atom stereocenters. The van der Waals surface area contributed by atoms with E-state index in [1.807, 2.05) is 36.4 Å². The van der Waals surface area contributed by atoms with Gasteiger partial charge in [-0.1, -0.05) is 41.6 Å². The Morgan fingerprint density at radius 2 is 1.86 bits per heavy atom. The average Bonchev–Trinajstić information content (AvgIpc) is 3.44. The SMILES string of the molecule is c1ccc(-c2noc(CCCN3CCCC3c3ccc4c(c3)OCCO4)n2)cc1. The third kappa shape index (κ3) is 3.98. The number of fused-ring (bicyclic) bond motifs is 1. The van der Waals surface area contributed by atoms with Gasteiger partial charge in [-0.25, -0.2) is 0 Å². The third-order valence-corrected chi connectivity index (χ3v) is 5.65. The number of rotatable bonds is 6. The van der Waals surface area contributed by atoms with Crippen molar-refractivity contribution in [2.45, 2.75) is 31.7 Å². The monoisotopic (exact) mass is 391 g/mol. The van der Waals surface area contributed by atoms with Crippen LogP contribution in [0.4, 0.5) is 0 Å². The van der Waals surface area contributed by atoms with Gasteiger partial charge >= 0.3 is 0 Å². The first-order chi connectivity index (χ1) is 14.4. The van der Waals surface area contributed by atoms with E-state index in [0.717, 1.165) is 43.0 Å². The number of ether oxygens (including phenoxy) is 2. The average molecular weight is 391 g/mol. The fourth-order valence-corrected chi connectivity index (χ4v) is 4.23. The second-order valence-electron chi connectivity index (χ2n) is 7.58. The standard InChI is InChI=1S/C23H25N3O3/c1-2-6-17(7-3-1)23-24-22(29-25-23)9-5-13-26-12-4-8-19(26)18-10-11-20-21(16-18)28-15-14-27-20/h1-3,6-7,10-11,16,19H,4-5,8-9,12-15H2. The van der Waals surface area contributed by atoms with Gasteiger partial charge in [0.1, 0.15) is 13.2 Å². The summed E-state index contributed by atoms with van der Waals surface area (Å²) in [6.45, 7) is 3.39. The van der Waals surface area contributed by atoms with Gasteiger partial charge in [-0.15, -0.1) is 0 Å². The van der Waals surface area contributed by atoms with Crippen LogP contribution in [0.5, 0.6) is 11.5 Å². The molecule has 2 aliphatic heterocycles. The third-order valence-electron chi connectivity index (χ3n) is 5.65. The Labute approximate surface area is 170 Å². The molecule has 1 unspecified atom stereocenters. The Bertz CT molecular complexity index is 957. The molecule has 1 fully saturated rings. The summed E-state index contributed by atoms with van der Waals surface area (Å²) in [7, 11) is 0. The molecule has 0 bridgehead atoms. The zero-order chi connectivity index (χ0) is 19.5. The van der Waals surface area contributed by atoms with Crippen molar-refractivity contribution in [2.75, 3.05) is 26.3 Å². The summed E-state index contributed by atoms with van der Waals surface area (Å²) in [5.74, 6) is 3.10. The van der Waals surface area contributed by atoms with E-state index in [0.29, 0.717) is 31.0 Å². The molecule has 6 nitrogen and oxygen atoms in total. The van der Waals surface area contributed by atoms with E-state index < -0.39 is 0 Å². The maximum Gasteiger partial charge on any atom is 0.227 e. The first-order valence-corrected chi connectivity index (χ1v) is 10.4. The lowest BCUT2D eigenvalue weighted by Gasteiger charge is -2.26. The van der Waals surface area contributed by atoms with Crippen LogP contribution >= 0.6 is 0 Å². The molecule has 1 saturated heterocycles. The summed E-state index contributed by atoms with van der Waals surface area (Å²) in [6, 6.07) is 16.8. The van der Waals surface area contributed by atoms with Crippen LogP contribution in [0.15, 0.2) is 53.1 Å². The van der Waals surface area contributed by atoms with Gasteiger partial charge in [-0.3, -0.25) is 4.90 Å². The Hall–Kier alpha value is -2.86. The molecule has 2 aliphatic rings. The summed E-state index contributed by atoms with van der Waals surface area (Å²) in [4.78, 5) is 7.10. The largest absolute Gasteiger partial charge is 0.486 e. The van der Waals surface area contributed by atoms with Crippen molar-refractivity contribution in [3.63, 3.8) is 0 Å². The Kier molecular flexibility index (Phi) is 5.17. The van der Waals surface area contributed by atoms with E-state index in [-0.39, 0.29) is 0 Å².